The van der Waals surface area contributed by atoms with E-state index in [4.69, 9.17) is 11.5 Å². The third-order valence-electron chi connectivity index (χ3n) is 4.33. The van der Waals surface area contributed by atoms with E-state index in [2.05, 4.69) is 0 Å². The number of aromatic hydroxyl groups is 2. The summed E-state index contributed by atoms with van der Waals surface area (Å²) < 4.78 is 81.0. The van der Waals surface area contributed by atoms with Crippen molar-refractivity contribution in [2.75, 3.05) is 11.5 Å². The number of nitrogen functional groups attached to an aromatic ring is 2. The second-order valence-corrected chi connectivity index (χ2v) is 6.47. The second kappa shape index (κ2) is 6.14. The minimum atomic E-state index is -5.08. The van der Waals surface area contributed by atoms with E-state index in [1.54, 1.807) is 0 Å². The van der Waals surface area contributed by atoms with E-state index in [1.165, 1.54) is 0 Å². The normalized spacial score (nSPS) is 13.0. The molecule has 0 fully saturated rings. The Morgan fingerprint density at radius 3 is 1.22 bits per heavy atom. The van der Waals surface area contributed by atoms with Crippen molar-refractivity contribution in [2.45, 2.75) is 31.6 Å². The quantitative estimate of drug-likeness (QED) is 0.340. The van der Waals surface area contributed by atoms with E-state index < -0.39 is 62.9 Å². The van der Waals surface area contributed by atoms with Crippen LogP contribution in [0.25, 0.3) is 0 Å². The standard InChI is InChI=1S/C17H16F6N2O2/c1-15(2,7-3-5-9(24)13(26)11(7)16(18,19)20)8-4-6-10(25)14(27)12(8)17(21,22)23/h3-6,26-27H,24-25H2,1-2H3. The zero-order valence-electron chi connectivity index (χ0n) is 14.1. The predicted octanol–water partition coefficient (Wildman–Crippen LogP) is 4.63. The van der Waals surface area contributed by atoms with Crippen molar-refractivity contribution in [1.82, 2.24) is 0 Å². The maximum atomic E-state index is 13.5. The second-order valence-electron chi connectivity index (χ2n) is 6.47. The lowest BCUT2D eigenvalue weighted by atomic mass is 9.73. The highest BCUT2D eigenvalue weighted by molar-refractivity contribution is 5.66. The molecule has 0 spiro atoms. The van der Waals surface area contributed by atoms with E-state index in [9.17, 15) is 36.6 Å². The summed E-state index contributed by atoms with van der Waals surface area (Å²) in [6.45, 7) is 2.21. The molecule has 0 saturated heterocycles. The van der Waals surface area contributed by atoms with Crippen LogP contribution in [0.4, 0.5) is 37.7 Å². The molecule has 4 nitrogen and oxygen atoms in total. The van der Waals surface area contributed by atoms with Crippen LogP contribution in [-0.2, 0) is 17.8 Å². The van der Waals surface area contributed by atoms with Crippen molar-refractivity contribution in [2.24, 2.45) is 0 Å². The molecule has 2 rings (SSSR count). The van der Waals surface area contributed by atoms with Crippen LogP contribution in [0.5, 0.6) is 11.5 Å². The number of nitrogens with two attached hydrogens (primary N) is 2. The zero-order chi connectivity index (χ0) is 20.9. The number of rotatable bonds is 2. The van der Waals surface area contributed by atoms with Gasteiger partial charge in [-0.2, -0.15) is 26.3 Å². The van der Waals surface area contributed by atoms with Gasteiger partial charge < -0.3 is 21.7 Å². The van der Waals surface area contributed by atoms with E-state index in [-0.39, 0.29) is 0 Å². The Balaban J connectivity index is 2.91. The minimum absolute atomic E-state index is 0.571. The number of anilines is 2. The molecule has 0 bridgehead atoms. The number of halogens is 6. The molecular formula is C17H16F6N2O2. The molecule has 6 N–H and O–H groups in total. The van der Waals surface area contributed by atoms with Crippen molar-refractivity contribution < 1.29 is 36.6 Å². The Hall–Kier alpha value is -2.78. The van der Waals surface area contributed by atoms with Gasteiger partial charge in [-0.1, -0.05) is 26.0 Å². The highest BCUT2D eigenvalue weighted by Crippen LogP contribution is 2.51. The largest absolute Gasteiger partial charge is 0.505 e. The van der Waals surface area contributed by atoms with Crippen molar-refractivity contribution in [3.63, 3.8) is 0 Å². The first kappa shape index (κ1) is 20.5. The van der Waals surface area contributed by atoms with Crippen molar-refractivity contribution in [1.29, 1.82) is 0 Å². The number of alkyl halides is 6. The Bertz CT molecular complexity index is 817. The summed E-state index contributed by atoms with van der Waals surface area (Å²) in [4.78, 5) is 0. The number of hydrogen-bond acceptors (Lipinski definition) is 4. The van der Waals surface area contributed by atoms with E-state index in [0.29, 0.717) is 0 Å². The van der Waals surface area contributed by atoms with Crippen LogP contribution in [0.3, 0.4) is 0 Å². The third-order valence-corrected chi connectivity index (χ3v) is 4.33. The summed E-state index contributed by atoms with van der Waals surface area (Å²) in [5, 5.41) is 19.6. The molecule has 0 amide bonds. The van der Waals surface area contributed by atoms with Gasteiger partial charge in [-0.05, 0) is 23.3 Å². The maximum absolute atomic E-state index is 13.5. The third kappa shape index (κ3) is 3.43. The molecule has 0 aliphatic heterocycles. The smallest absolute Gasteiger partial charge is 0.420 e. The average molecular weight is 394 g/mol. The Kier molecular flexibility index (Phi) is 4.67. The van der Waals surface area contributed by atoms with E-state index >= 15 is 0 Å². The molecule has 2 aromatic carbocycles. The lowest BCUT2D eigenvalue weighted by molar-refractivity contribution is -0.140. The zero-order valence-corrected chi connectivity index (χ0v) is 14.1. The lowest BCUT2D eigenvalue weighted by Crippen LogP contribution is -2.28. The molecule has 0 heterocycles. The van der Waals surface area contributed by atoms with Crippen molar-refractivity contribution in [3.8, 4) is 11.5 Å². The van der Waals surface area contributed by atoms with Gasteiger partial charge in [0.15, 0.2) is 11.5 Å². The first-order valence-electron chi connectivity index (χ1n) is 7.48. The van der Waals surface area contributed by atoms with Gasteiger partial charge in [0.05, 0.1) is 11.4 Å². The van der Waals surface area contributed by atoms with Crippen LogP contribution >= 0.6 is 0 Å². The molecule has 0 saturated carbocycles. The Morgan fingerprint density at radius 1 is 0.667 bits per heavy atom. The van der Waals surface area contributed by atoms with Gasteiger partial charge in [-0.15, -0.1) is 0 Å². The summed E-state index contributed by atoms with van der Waals surface area (Å²) in [6, 6.07) is 3.72. The number of phenolic OH excluding ortho intramolecular Hbond substituents is 2. The molecule has 0 radical (unpaired) electrons. The highest BCUT2D eigenvalue weighted by atomic mass is 19.4. The molecule has 0 aromatic heterocycles. The van der Waals surface area contributed by atoms with Gasteiger partial charge in [0.25, 0.3) is 0 Å². The van der Waals surface area contributed by atoms with Gasteiger partial charge >= 0.3 is 12.4 Å². The number of benzene rings is 2. The summed E-state index contributed by atoms with van der Waals surface area (Å²) in [5.74, 6) is -2.55. The summed E-state index contributed by atoms with van der Waals surface area (Å²) in [6.07, 6.45) is -10.2. The monoisotopic (exact) mass is 394 g/mol. The van der Waals surface area contributed by atoms with Gasteiger partial charge in [-0.3, -0.25) is 0 Å². The van der Waals surface area contributed by atoms with Gasteiger partial charge in [0.2, 0.25) is 0 Å². The Labute approximate surface area is 150 Å². The molecule has 0 aliphatic rings. The fourth-order valence-corrected chi connectivity index (χ4v) is 2.98. The SMILES string of the molecule is CC(C)(c1ccc(N)c(O)c1C(F)(F)F)c1ccc(N)c(O)c1C(F)(F)F. The fraction of sp³-hybridized carbons (Fsp3) is 0.294. The van der Waals surface area contributed by atoms with Crippen LogP contribution < -0.4 is 11.5 Å². The maximum Gasteiger partial charge on any atom is 0.420 e. The van der Waals surface area contributed by atoms with Crippen molar-refractivity contribution >= 4 is 11.4 Å². The highest BCUT2D eigenvalue weighted by Gasteiger charge is 2.46. The van der Waals surface area contributed by atoms with Crippen LogP contribution in [0.1, 0.15) is 36.1 Å². The molecular weight excluding hydrogens is 378 g/mol. The van der Waals surface area contributed by atoms with E-state index in [0.717, 1.165) is 38.1 Å². The molecule has 0 atom stereocenters. The van der Waals surface area contributed by atoms with Crippen LogP contribution in [0.15, 0.2) is 24.3 Å². The number of phenols is 2. The number of hydrogen-bond donors (Lipinski definition) is 4. The fourth-order valence-electron chi connectivity index (χ4n) is 2.98. The van der Waals surface area contributed by atoms with Gasteiger partial charge in [0, 0.05) is 5.41 Å². The molecule has 10 heteroatoms. The molecule has 148 valence electrons. The molecule has 0 unspecified atom stereocenters. The average Bonchev–Trinajstić information content (AvgIpc) is 2.49. The predicted molar refractivity (Wildman–Crippen MR) is 87.2 cm³/mol. The summed E-state index contributed by atoms with van der Waals surface area (Å²) in [5.41, 5.74) is 3.21. The van der Waals surface area contributed by atoms with E-state index in [1.807, 2.05) is 0 Å². The first-order chi connectivity index (χ1) is 12.1. The minimum Gasteiger partial charge on any atom is -0.505 e. The van der Waals surface area contributed by atoms with Crippen LogP contribution in [0, 0.1) is 0 Å². The summed E-state index contributed by atoms with van der Waals surface area (Å²) >= 11 is 0. The molecule has 2 aromatic rings. The summed E-state index contributed by atoms with van der Waals surface area (Å²) in [7, 11) is 0. The lowest BCUT2D eigenvalue weighted by Gasteiger charge is -2.32. The van der Waals surface area contributed by atoms with Gasteiger partial charge in [0.1, 0.15) is 11.1 Å². The van der Waals surface area contributed by atoms with Crippen molar-refractivity contribution in [3.05, 3.63) is 46.5 Å². The Morgan fingerprint density at radius 2 is 0.963 bits per heavy atom. The topological polar surface area (TPSA) is 92.5 Å². The van der Waals surface area contributed by atoms with Crippen LogP contribution in [0.2, 0.25) is 0 Å². The first-order valence-corrected chi connectivity index (χ1v) is 7.48. The van der Waals surface area contributed by atoms with Gasteiger partial charge in [-0.25, -0.2) is 0 Å². The molecule has 0 aliphatic carbocycles. The molecule has 27 heavy (non-hydrogen) atoms. The van der Waals surface area contributed by atoms with Crippen LogP contribution in [-0.4, -0.2) is 10.2 Å².